The molecule has 0 radical (unpaired) electrons. The van der Waals surface area contributed by atoms with Gasteiger partial charge in [-0.15, -0.1) is 0 Å². The van der Waals surface area contributed by atoms with Gasteiger partial charge >= 0.3 is 0 Å². The maximum Gasteiger partial charge on any atom is 0.228 e. The number of carbonyl (C=O) groups is 1. The van der Waals surface area contributed by atoms with Gasteiger partial charge in [0.05, 0.1) is 11.9 Å². The summed E-state index contributed by atoms with van der Waals surface area (Å²) in [4.78, 5) is 23.5. The Morgan fingerprint density at radius 3 is 2.66 bits per heavy atom. The monoisotopic (exact) mass is 395 g/mol. The molecule has 29 heavy (non-hydrogen) atoms. The predicted octanol–water partition coefficient (Wildman–Crippen LogP) is 3.56. The van der Waals surface area contributed by atoms with Gasteiger partial charge in [0.1, 0.15) is 18.3 Å². The molecule has 1 amide bonds. The fourth-order valence-corrected chi connectivity index (χ4v) is 3.91. The summed E-state index contributed by atoms with van der Waals surface area (Å²) in [5.74, 6) is 1.47. The normalized spacial score (nSPS) is 15.7. The smallest absolute Gasteiger partial charge is 0.228 e. The first-order valence-electron chi connectivity index (χ1n) is 10.0. The molecule has 0 unspecified atom stereocenters. The van der Waals surface area contributed by atoms with E-state index in [1.807, 2.05) is 32.3 Å². The molecule has 0 atom stereocenters. The van der Waals surface area contributed by atoms with Gasteiger partial charge in [-0.05, 0) is 50.4 Å². The summed E-state index contributed by atoms with van der Waals surface area (Å²) < 4.78 is 14.5. The molecule has 0 spiro atoms. The van der Waals surface area contributed by atoms with Gasteiger partial charge in [0.2, 0.25) is 5.91 Å². The van der Waals surface area contributed by atoms with E-state index in [9.17, 15) is 9.18 Å². The number of amides is 1. The first-order valence-corrected chi connectivity index (χ1v) is 10.0. The zero-order valence-corrected chi connectivity index (χ0v) is 16.9. The van der Waals surface area contributed by atoms with E-state index in [2.05, 4.69) is 36.9 Å². The molecule has 1 saturated heterocycles. The zero-order chi connectivity index (χ0) is 20.4. The number of aryl methyl sites for hydroxylation is 1. The lowest BCUT2D eigenvalue weighted by atomic mass is 9.96. The van der Waals surface area contributed by atoms with Crippen molar-refractivity contribution in [1.82, 2.24) is 19.4 Å². The van der Waals surface area contributed by atoms with Crippen LogP contribution >= 0.6 is 0 Å². The van der Waals surface area contributed by atoms with Crippen LogP contribution in [0.1, 0.15) is 18.7 Å². The average Bonchev–Trinajstić information content (AvgIpc) is 3.07. The van der Waals surface area contributed by atoms with E-state index in [4.69, 9.17) is 0 Å². The van der Waals surface area contributed by atoms with Crippen molar-refractivity contribution < 1.29 is 9.18 Å². The van der Waals surface area contributed by atoms with Crippen LogP contribution in [0.25, 0.3) is 22.0 Å². The third-order valence-electron chi connectivity index (χ3n) is 5.85. The Labute approximate surface area is 169 Å². The van der Waals surface area contributed by atoms with Crippen molar-refractivity contribution in [2.45, 2.75) is 19.8 Å². The number of imidazole rings is 1. The molecule has 1 aromatic carbocycles. The Morgan fingerprint density at radius 1 is 1.17 bits per heavy atom. The van der Waals surface area contributed by atoms with Gasteiger partial charge in [0.15, 0.2) is 0 Å². The summed E-state index contributed by atoms with van der Waals surface area (Å²) >= 11 is 0. The molecule has 1 fully saturated rings. The molecule has 0 saturated carbocycles. The topological polar surface area (TPSA) is 63.1 Å². The van der Waals surface area contributed by atoms with Crippen molar-refractivity contribution in [2.75, 3.05) is 31.6 Å². The number of fused-ring (bicyclic) bond motifs is 1. The summed E-state index contributed by atoms with van der Waals surface area (Å²) in [6.45, 7) is 3.63. The van der Waals surface area contributed by atoms with Crippen molar-refractivity contribution in [2.24, 2.45) is 13.0 Å². The Bertz CT molecular complexity index is 1020. The van der Waals surface area contributed by atoms with Crippen molar-refractivity contribution >= 4 is 22.5 Å². The summed E-state index contributed by atoms with van der Waals surface area (Å²) in [6, 6.07) is 8.10. The lowest BCUT2D eigenvalue weighted by molar-refractivity contribution is -0.121. The number of aromatic nitrogens is 3. The fourth-order valence-electron chi connectivity index (χ4n) is 3.91. The molecule has 152 valence electrons. The molecule has 7 heteroatoms. The van der Waals surface area contributed by atoms with E-state index in [1.54, 1.807) is 6.20 Å². The Balaban J connectivity index is 1.49. The number of likely N-dealkylation sites (tertiary alicyclic amines) is 1. The number of carbonyl (C=O) groups excluding carboxylic acids is 1. The maximum absolute atomic E-state index is 12.6. The number of piperidine rings is 1. The fraction of sp³-hybridized carbons (Fsp3) is 0.409. The molecular formula is C22H26FN5O. The van der Waals surface area contributed by atoms with E-state index in [1.165, 1.54) is 0 Å². The Kier molecular flexibility index (Phi) is 5.58. The number of benzene rings is 1. The molecule has 0 aliphatic carbocycles. The molecule has 3 aromatic rings. The second kappa shape index (κ2) is 8.29. The quantitative estimate of drug-likeness (QED) is 0.717. The highest BCUT2D eigenvalue weighted by atomic mass is 19.1. The molecule has 6 nitrogen and oxygen atoms in total. The second-order valence-electron chi connectivity index (χ2n) is 7.68. The number of hydrogen-bond donors (Lipinski definition) is 1. The Hall–Kier alpha value is -2.80. The highest BCUT2D eigenvalue weighted by Crippen LogP contribution is 2.26. The molecule has 1 N–H and O–H groups in total. The number of rotatable bonds is 5. The number of nitrogens with one attached hydrogen (secondary N) is 1. The molecular weight excluding hydrogens is 369 g/mol. The predicted molar refractivity (Wildman–Crippen MR) is 112 cm³/mol. The number of nitrogens with zero attached hydrogens (tertiary/aromatic N) is 4. The third-order valence-corrected chi connectivity index (χ3v) is 5.85. The van der Waals surface area contributed by atoms with Gasteiger partial charge in [0.25, 0.3) is 0 Å². The van der Waals surface area contributed by atoms with E-state index in [-0.39, 0.29) is 18.5 Å². The van der Waals surface area contributed by atoms with Gasteiger partial charge in [-0.1, -0.05) is 12.1 Å². The van der Waals surface area contributed by atoms with Gasteiger partial charge in [-0.25, -0.2) is 14.4 Å². The molecule has 1 aliphatic heterocycles. The second-order valence-corrected chi connectivity index (χ2v) is 7.68. The summed E-state index contributed by atoms with van der Waals surface area (Å²) in [6.07, 6.45) is 5.16. The number of hydrogen-bond acceptors (Lipinski definition) is 4. The number of alkyl halides is 1. The lowest BCUT2D eigenvalue weighted by Crippen LogP contribution is -2.39. The SMILES string of the molecule is Cc1ncc(-c2ccc3cnc(NC(=O)C4CCN(CCF)CC4)cc3c2)n1C. The molecule has 3 heterocycles. The number of anilines is 1. The highest BCUT2D eigenvalue weighted by Gasteiger charge is 2.25. The highest BCUT2D eigenvalue weighted by molar-refractivity contribution is 5.95. The standard InChI is InChI=1S/C22H26FN5O/c1-15-24-14-20(27(15)2)17-3-4-18-13-25-21(12-19(18)11-17)26-22(29)16-5-8-28(9-6-16)10-7-23/h3-4,11-14,16H,5-10H2,1-2H3,(H,25,26,29). The summed E-state index contributed by atoms with van der Waals surface area (Å²) in [7, 11) is 2.00. The van der Waals surface area contributed by atoms with Crippen LogP contribution in [0.2, 0.25) is 0 Å². The number of pyridine rings is 1. The number of halogens is 1. The minimum atomic E-state index is -0.335. The minimum Gasteiger partial charge on any atom is -0.331 e. The van der Waals surface area contributed by atoms with Crippen LogP contribution in [0, 0.1) is 12.8 Å². The van der Waals surface area contributed by atoms with Crippen LogP contribution in [0.3, 0.4) is 0 Å². The van der Waals surface area contributed by atoms with Crippen LogP contribution in [0.5, 0.6) is 0 Å². The van der Waals surface area contributed by atoms with Crippen LogP contribution in [0.4, 0.5) is 10.2 Å². The molecule has 2 aromatic heterocycles. The van der Waals surface area contributed by atoms with E-state index in [0.29, 0.717) is 12.4 Å². The first kappa shape index (κ1) is 19.5. The van der Waals surface area contributed by atoms with E-state index < -0.39 is 0 Å². The van der Waals surface area contributed by atoms with Crippen molar-refractivity contribution in [1.29, 1.82) is 0 Å². The van der Waals surface area contributed by atoms with E-state index >= 15 is 0 Å². The van der Waals surface area contributed by atoms with Crippen molar-refractivity contribution in [3.8, 4) is 11.3 Å². The largest absolute Gasteiger partial charge is 0.331 e. The van der Waals surface area contributed by atoms with Crippen molar-refractivity contribution in [3.63, 3.8) is 0 Å². The average molecular weight is 395 g/mol. The van der Waals surface area contributed by atoms with Gasteiger partial charge in [0, 0.05) is 36.7 Å². The summed E-state index contributed by atoms with van der Waals surface area (Å²) in [5, 5.41) is 5.00. The third kappa shape index (κ3) is 4.15. The molecule has 1 aliphatic rings. The van der Waals surface area contributed by atoms with Crippen LogP contribution in [-0.2, 0) is 11.8 Å². The Morgan fingerprint density at radius 2 is 1.97 bits per heavy atom. The van der Waals surface area contributed by atoms with Crippen LogP contribution in [-0.4, -0.2) is 51.7 Å². The zero-order valence-electron chi connectivity index (χ0n) is 16.9. The maximum atomic E-state index is 12.6. The van der Waals surface area contributed by atoms with Gasteiger partial charge < -0.3 is 14.8 Å². The van der Waals surface area contributed by atoms with Crippen LogP contribution < -0.4 is 5.32 Å². The minimum absolute atomic E-state index is 0.00448. The van der Waals surface area contributed by atoms with E-state index in [0.717, 1.165) is 53.8 Å². The van der Waals surface area contributed by atoms with Gasteiger partial charge in [-0.3, -0.25) is 4.79 Å². The van der Waals surface area contributed by atoms with Gasteiger partial charge in [-0.2, -0.15) is 0 Å². The van der Waals surface area contributed by atoms with Crippen LogP contribution in [0.15, 0.2) is 36.7 Å². The molecule has 4 rings (SSSR count). The van der Waals surface area contributed by atoms with Crippen molar-refractivity contribution in [3.05, 3.63) is 42.5 Å². The molecule has 0 bridgehead atoms. The first-order chi connectivity index (χ1) is 14.0. The lowest BCUT2D eigenvalue weighted by Gasteiger charge is -2.30. The summed E-state index contributed by atoms with van der Waals surface area (Å²) in [5.41, 5.74) is 2.12.